The van der Waals surface area contributed by atoms with E-state index in [1.54, 1.807) is 6.20 Å². The van der Waals surface area contributed by atoms with Crippen molar-refractivity contribution in [3.8, 4) is 0 Å². The highest BCUT2D eigenvalue weighted by Crippen LogP contribution is 2.26. The number of H-pyrrole nitrogens is 1. The van der Waals surface area contributed by atoms with Gasteiger partial charge in [-0.15, -0.1) is 0 Å². The number of pyridine rings is 1. The molecule has 18 heavy (non-hydrogen) atoms. The fraction of sp³-hybridized carbons (Fsp3) is 0.429. The van der Waals surface area contributed by atoms with E-state index in [9.17, 15) is 4.79 Å². The Hall–Kier alpha value is -1.84. The lowest BCUT2D eigenvalue weighted by atomic mass is 10.1. The highest BCUT2D eigenvalue weighted by molar-refractivity contribution is 5.99. The maximum absolute atomic E-state index is 11.1. The van der Waals surface area contributed by atoms with E-state index in [4.69, 9.17) is 0 Å². The molecule has 0 aliphatic carbocycles. The Morgan fingerprint density at radius 1 is 1.50 bits per heavy atom. The molecule has 0 bridgehead atoms. The molecule has 2 N–H and O–H groups in total. The van der Waals surface area contributed by atoms with Crippen LogP contribution in [0.4, 0.5) is 5.69 Å². The molecule has 0 aliphatic rings. The predicted octanol–water partition coefficient (Wildman–Crippen LogP) is 3.37. The van der Waals surface area contributed by atoms with Crippen LogP contribution in [-0.4, -0.2) is 22.3 Å². The Bertz CT molecular complexity index is 533. The molecule has 0 aliphatic heterocycles. The molecule has 0 saturated heterocycles. The lowest BCUT2D eigenvalue weighted by molar-refractivity contribution is 0.112. The third kappa shape index (κ3) is 2.37. The smallest absolute Gasteiger partial charge is 0.153 e. The third-order valence-electron chi connectivity index (χ3n) is 3.22. The first-order valence-electron chi connectivity index (χ1n) is 6.47. The maximum atomic E-state index is 11.1. The van der Waals surface area contributed by atoms with Gasteiger partial charge in [0, 0.05) is 23.8 Å². The Balaban J connectivity index is 2.40. The number of carbonyl (C=O) groups excluding carboxylic acids is 1. The second-order valence-electron chi connectivity index (χ2n) is 4.48. The van der Waals surface area contributed by atoms with Crippen LogP contribution in [0.15, 0.2) is 18.5 Å². The largest absolute Gasteiger partial charge is 0.381 e. The highest BCUT2D eigenvalue weighted by atomic mass is 16.1. The fourth-order valence-corrected chi connectivity index (χ4v) is 2.20. The number of aromatic amines is 1. The number of aldehydes is 1. The van der Waals surface area contributed by atoms with Crippen molar-refractivity contribution in [2.75, 3.05) is 5.32 Å². The summed E-state index contributed by atoms with van der Waals surface area (Å²) in [6.45, 7) is 4.33. The lowest BCUT2D eigenvalue weighted by Gasteiger charge is -2.19. The molecular weight excluding hydrogens is 226 g/mol. The molecule has 2 aromatic rings. The summed E-state index contributed by atoms with van der Waals surface area (Å²) < 4.78 is 0. The first-order valence-corrected chi connectivity index (χ1v) is 6.47. The zero-order valence-electron chi connectivity index (χ0n) is 10.9. The summed E-state index contributed by atoms with van der Waals surface area (Å²) in [5.74, 6) is 0. The quantitative estimate of drug-likeness (QED) is 0.767. The molecule has 2 heterocycles. The van der Waals surface area contributed by atoms with Gasteiger partial charge in [0.2, 0.25) is 0 Å². The van der Waals surface area contributed by atoms with Crippen LogP contribution in [0.3, 0.4) is 0 Å². The van der Waals surface area contributed by atoms with Crippen molar-refractivity contribution in [3.05, 3.63) is 24.0 Å². The van der Waals surface area contributed by atoms with Crippen molar-refractivity contribution in [2.24, 2.45) is 0 Å². The molecule has 4 heteroatoms. The normalized spacial score (nSPS) is 12.6. The van der Waals surface area contributed by atoms with Gasteiger partial charge in [0.05, 0.1) is 11.3 Å². The van der Waals surface area contributed by atoms with E-state index in [0.717, 1.165) is 42.3 Å². The fourth-order valence-electron chi connectivity index (χ4n) is 2.20. The summed E-state index contributed by atoms with van der Waals surface area (Å²) in [7, 11) is 0. The minimum absolute atomic E-state index is 0.397. The van der Waals surface area contributed by atoms with E-state index in [1.807, 2.05) is 12.3 Å². The van der Waals surface area contributed by atoms with E-state index in [0.29, 0.717) is 11.6 Å². The van der Waals surface area contributed by atoms with Crippen LogP contribution in [-0.2, 0) is 0 Å². The minimum atomic E-state index is 0.397. The second-order valence-corrected chi connectivity index (χ2v) is 4.48. The average molecular weight is 245 g/mol. The summed E-state index contributed by atoms with van der Waals surface area (Å²) in [4.78, 5) is 18.4. The van der Waals surface area contributed by atoms with Crippen molar-refractivity contribution < 1.29 is 4.79 Å². The molecule has 0 amide bonds. The number of hydrogen-bond donors (Lipinski definition) is 2. The summed E-state index contributed by atoms with van der Waals surface area (Å²) in [5, 5.41) is 4.47. The number of nitrogens with zero attached hydrogens (tertiary/aromatic N) is 1. The van der Waals surface area contributed by atoms with E-state index in [2.05, 4.69) is 29.1 Å². The zero-order chi connectivity index (χ0) is 13.0. The van der Waals surface area contributed by atoms with E-state index < -0.39 is 0 Å². The predicted molar refractivity (Wildman–Crippen MR) is 74.1 cm³/mol. The van der Waals surface area contributed by atoms with Crippen LogP contribution in [0.5, 0.6) is 0 Å². The SMILES string of the molecule is CCCC(CC)Nc1c(C=O)cnc2[nH]ccc12. The summed E-state index contributed by atoms with van der Waals surface area (Å²) in [5.41, 5.74) is 2.34. The van der Waals surface area contributed by atoms with Crippen molar-refractivity contribution in [1.29, 1.82) is 0 Å². The number of rotatable bonds is 6. The van der Waals surface area contributed by atoms with Crippen LogP contribution in [0, 0.1) is 0 Å². The lowest BCUT2D eigenvalue weighted by Crippen LogP contribution is -2.19. The molecule has 1 atom stereocenters. The first kappa shape index (κ1) is 12.6. The van der Waals surface area contributed by atoms with Crippen LogP contribution in [0.2, 0.25) is 0 Å². The van der Waals surface area contributed by atoms with Crippen LogP contribution in [0.1, 0.15) is 43.5 Å². The third-order valence-corrected chi connectivity index (χ3v) is 3.22. The van der Waals surface area contributed by atoms with E-state index in [-0.39, 0.29) is 0 Å². The standard InChI is InChI=1S/C14H19N3O/c1-3-5-11(4-2)17-13-10(9-18)8-16-14-12(13)6-7-15-14/h6-9,11H,3-5H2,1-2H3,(H2,15,16,17). The molecule has 0 fully saturated rings. The molecule has 2 aromatic heterocycles. The summed E-state index contributed by atoms with van der Waals surface area (Å²) >= 11 is 0. The van der Waals surface area contributed by atoms with Gasteiger partial charge in [-0.2, -0.15) is 0 Å². The highest BCUT2D eigenvalue weighted by Gasteiger charge is 2.12. The number of nitrogens with one attached hydrogen (secondary N) is 2. The maximum Gasteiger partial charge on any atom is 0.153 e. The van der Waals surface area contributed by atoms with Gasteiger partial charge in [0.1, 0.15) is 5.65 Å². The number of aromatic nitrogens is 2. The number of anilines is 1. The van der Waals surface area contributed by atoms with E-state index in [1.165, 1.54) is 0 Å². The molecule has 4 nitrogen and oxygen atoms in total. The number of carbonyl (C=O) groups is 1. The molecule has 1 unspecified atom stereocenters. The summed E-state index contributed by atoms with van der Waals surface area (Å²) in [6, 6.07) is 2.35. The number of hydrogen-bond acceptors (Lipinski definition) is 3. The first-order chi connectivity index (χ1) is 8.80. The van der Waals surface area contributed by atoms with Gasteiger partial charge in [-0.3, -0.25) is 4.79 Å². The van der Waals surface area contributed by atoms with Crippen molar-refractivity contribution in [3.63, 3.8) is 0 Å². The molecule has 2 rings (SSSR count). The van der Waals surface area contributed by atoms with Gasteiger partial charge in [-0.1, -0.05) is 20.3 Å². The zero-order valence-corrected chi connectivity index (χ0v) is 10.9. The topological polar surface area (TPSA) is 57.8 Å². The van der Waals surface area contributed by atoms with Crippen molar-refractivity contribution in [1.82, 2.24) is 9.97 Å². The van der Waals surface area contributed by atoms with Crippen molar-refractivity contribution >= 4 is 23.0 Å². The molecule has 0 aromatic carbocycles. The van der Waals surface area contributed by atoms with Gasteiger partial charge in [0.25, 0.3) is 0 Å². The van der Waals surface area contributed by atoms with Crippen LogP contribution < -0.4 is 5.32 Å². The van der Waals surface area contributed by atoms with Gasteiger partial charge in [-0.05, 0) is 18.9 Å². The van der Waals surface area contributed by atoms with Crippen LogP contribution in [0.25, 0.3) is 11.0 Å². The monoisotopic (exact) mass is 245 g/mol. The van der Waals surface area contributed by atoms with Gasteiger partial charge >= 0.3 is 0 Å². The summed E-state index contributed by atoms with van der Waals surface area (Å²) in [6.07, 6.45) is 7.60. The van der Waals surface area contributed by atoms with Crippen LogP contribution >= 0.6 is 0 Å². The Morgan fingerprint density at radius 2 is 2.33 bits per heavy atom. The Morgan fingerprint density at radius 3 is 3.00 bits per heavy atom. The molecule has 0 radical (unpaired) electrons. The minimum Gasteiger partial charge on any atom is -0.381 e. The second kappa shape index (κ2) is 5.67. The van der Waals surface area contributed by atoms with Gasteiger partial charge in [0.15, 0.2) is 6.29 Å². The Labute approximate surface area is 107 Å². The average Bonchev–Trinajstić information content (AvgIpc) is 2.86. The molecule has 96 valence electrons. The Kier molecular flexibility index (Phi) is 3.97. The molecular formula is C14H19N3O. The molecule has 0 saturated carbocycles. The van der Waals surface area contributed by atoms with E-state index >= 15 is 0 Å². The molecule has 0 spiro atoms. The number of fused-ring (bicyclic) bond motifs is 1. The van der Waals surface area contributed by atoms with Gasteiger partial charge in [-0.25, -0.2) is 4.98 Å². The van der Waals surface area contributed by atoms with Crippen molar-refractivity contribution in [2.45, 2.75) is 39.2 Å². The van der Waals surface area contributed by atoms with Gasteiger partial charge < -0.3 is 10.3 Å².